The van der Waals surface area contributed by atoms with Gasteiger partial charge in [0, 0.05) is 17.8 Å². The van der Waals surface area contributed by atoms with Gasteiger partial charge >= 0.3 is 0 Å². The Hall–Kier alpha value is -2.46. The topological polar surface area (TPSA) is 49.4 Å². The number of rotatable bonds is 5. The Morgan fingerprint density at radius 2 is 1.76 bits per heavy atom. The third kappa shape index (κ3) is 4.15. The molecular weight excluding hydrogens is 312 g/mol. The number of benzene rings is 2. The van der Waals surface area contributed by atoms with Gasteiger partial charge in [-0.25, -0.2) is 0 Å². The van der Waals surface area contributed by atoms with Crippen LogP contribution in [0.4, 0.5) is 5.69 Å². The molecular formula is C21H24N2O2. The fraction of sp³-hybridized carbons (Fsp3) is 0.333. The summed E-state index contributed by atoms with van der Waals surface area (Å²) < 4.78 is 0. The van der Waals surface area contributed by atoms with Gasteiger partial charge in [0.2, 0.25) is 5.91 Å². The van der Waals surface area contributed by atoms with E-state index in [9.17, 15) is 9.59 Å². The molecule has 4 nitrogen and oxygen atoms in total. The second-order valence-corrected chi connectivity index (χ2v) is 6.69. The molecule has 0 spiro atoms. The highest BCUT2D eigenvalue weighted by Gasteiger charge is 2.30. The first-order chi connectivity index (χ1) is 12.0. The van der Waals surface area contributed by atoms with Crippen LogP contribution < -0.4 is 5.32 Å². The Bertz CT molecular complexity index is 740. The van der Waals surface area contributed by atoms with Crippen molar-refractivity contribution in [1.82, 2.24) is 4.90 Å². The molecule has 2 atom stereocenters. The summed E-state index contributed by atoms with van der Waals surface area (Å²) in [7, 11) is 0. The molecule has 4 heteroatoms. The van der Waals surface area contributed by atoms with Crippen molar-refractivity contribution < 1.29 is 9.59 Å². The van der Waals surface area contributed by atoms with E-state index in [0.717, 1.165) is 25.2 Å². The number of nitrogens with zero attached hydrogens (tertiary/aromatic N) is 1. The summed E-state index contributed by atoms with van der Waals surface area (Å²) in [5.74, 6) is 0.505. The Morgan fingerprint density at radius 1 is 1.08 bits per heavy atom. The molecule has 0 radical (unpaired) electrons. The molecule has 1 aliphatic rings. The minimum atomic E-state index is -0.179. The van der Waals surface area contributed by atoms with Crippen molar-refractivity contribution in [2.24, 2.45) is 0 Å². The lowest BCUT2D eigenvalue weighted by atomic mass is 9.99. The molecule has 0 saturated carbocycles. The van der Waals surface area contributed by atoms with Gasteiger partial charge in [0.1, 0.15) is 0 Å². The first-order valence-corrected chi connectivity index (χ1v) is 8.75. The number of anilines is 1. The van der Waals surface area contributed by atoms with Crippen molar-refractivity contribution >= 4 is 17.4 Å². The largest absolute Gasteiger partial charge is 0.325 e. The summed E-state index contributed by atoms with van der Waals surface area (Å²) in [5, 5.41) is 2.95. The molecule has 0 bridgehead atoms. The molecule has 0 unspecified atom stereocenters. The molecule has 3 rings (SSSR count). The Labute approximate surface area is 148 Å². The smallest absolute Gasteiger partial charge is 0.241 e. The summed E-state index contributed by atoms with van der Waals surface area (Å²) in [5.41, 5.74) is 2.72. The van der Waals surface area contributed by atoms with E-state index in [0.29, 0.717) is 11.5 Å². The normalized spacial score (nSPS) is 18.7. The predicted molar refractivity (Wildman–Crippen MR) is 99.9 cm³/mol. The lowest BCUT2D eigenvalue weighted by molar-refractivity contribution is -0.120. The minimum Gasteiger partial charge on any atom is -0.325 e. The van der Waals surface area contributed by atoms with Crippen LogP contribution in [0.1, 0.15) is 42.1 Å². The van der Waals surface area contributed by atoms with E-state index in [1.54, 1.807) is 24.3 Å². The Morgan fingerprint density at radius 3 is 2.40 bits per heavy atom. The summed E-state index contributed by atoms with van der Waals surface area (Å²) in [6.45, 7) is 5.32. The molecule has 130 valence electrons. The van der Waals surface area contributed by atoms with E-state index in [1.165, 1.54) is 12.5 Å². The number of hydrogen-bond donors (Lipinski definition) is 1. The van der Waals surface area contributed by atoms with Crippen molar-refractivity contribution in [3.8, 4) is 0 Å². The number of Topliss-reactive ketones (excluding diaryl/α,β-unsaturated/α-hetero) is 1. The standard InChI is InChI=1S/C21H24N2O2/c1-15(21(25)22-20-10-8-17(9-11-20)16(2)24)23-13-12-19(14-23)18-6-4-3-5-7-18/h3-11,15,19H,12-14H2,1-2H3,(H,22,25)/t15-,19+/m0/s1. The first-order valence-electron chi connectivity index (χ1n) is 8.75. The molecule has 2 aromatic carbocycles. The fourth-order valence-corrected chi connectivity index (χ4v) is 3.34. The van der Waals surface area contributed by atoms with Crippen LogP contribution in [0.5, 0.6) is 0 Å². The Kier molecular flexibility index (Phi) is 5.29. The van der Waals surface area contributed by atoms with Crippen molar-refractivity contribution in [2.45, 2.75) is 32.2 Å². The van der Waals surface area contributed by atoms with Crippen LogP contribution in [-0.4, -0.2) is 35.7 Å². The second-order valence-electron chi connectivity index (χ2n) is 6.69. The van der Waals surface area contributed by atoms with Gasteiger partial charge in [0.15, 0.2) is 5.78 Å². The summed E-state index contributed by atoms with van der Waals surface area (Å²) in [6, 6.07) is 17.3. The zero-order valence-corrected chi connectivity index (χ0v) is 14.7. The molecule has 2 aromatic rings. The van der Waals surface area contributed by atoms with Gasteiger partial charge in [-0.3, -0.25) is 14.5 Å². The SMILES string of the molecule is CC(=O)c1ccc(NC(=O)[C@H](C)N2CC[C@@H](c3ccccc3)C2)cc1. The number of likely N-dealkylation sites (tertiary alicyclic amines) is 1. The second kappa shape index (κ2) is 7.62. The number of carbonyl (C=O) groups excluding carboxylic acids is 2. The van der Waals surface area contributed by atoms with E-state index >= 15 is 0 Å². The number of hydrogen-bond acceptors (Lipinski definition) is 3. The molecule has 0 aromatic heterocycles. The lowest BCUT2D eigenvalue weighted by Crippen LogP contribution is -2.40. The monoisotopic (exact) mass is 336 g/mol. The lowest BCUT2D eigenvalue weighted by Gasteiger charge is -2.23. The molecule has 1 N–H and O–H groups in total. The minimum absolute atomic E-state index is 0.00992. The highest BCUT2D eigenvalue weighted by molar-refractivity contribution is 5.97. The average Bonchev–Trinajstić information content (AvgIpc) is 3.12. The van der Waals surface area contributed by atoms with Crippen molar-refractivity contribution in [3.05, 3.63) is 65.7 Å². The highest BCUT2D eigenvalue weighted by atomic mass is 16.2. The van der Waals surface area contributed by atoms with Crippen molar-refractivity contribution in [1.29, 1.82) is 0 Å². The maximum atomic E-state index is 12.5. The number of ketones is 1. The number of carbonyl (C=O) groups is 2. The summed E-state index contributed by atoms with van der Waals surface area (Å²) in [4.78, 5) is 26.1. The maximum absolute atomic E-state index is 12.5. The van der Waals surface area contributed by atoms with Crippen molar-refractivity contribution in [3.63, 3.8) is 0 Å². The van der Waals surface area contributed by atoms with Crippen LogP contribution in [0, 0.1) is 0 Å². The van der Waals surface area contributed by atoms with E-state index in [2.05, 4.69) is 34.5 Å². The third-order valence-corrected chi connectivity index (χ3v) is 4.98. The van der Waals surface area contributed by atoms with Crippen LogP contribution in [0.25, 0.3) is 0 Å². The van der Waals surface area contributed by atoms with E-state index in [4.69, 9.17) is 0 Å². The van der Waals surface area contributed by atoms with E-state index in [-0.39, 0.29) is 17.7 Å². The van der Waals surface area contributed by atoms with E-state index in [1.807, 2.05) is 13.0 Å². The van der Waals surface area contributed by atoms with Crippen LogP contribution in [0.2, 0.25) is 0 Å². The molecule has 0 aliphatic carbocycles. The quantitative estimate of drug-likeness (QED) is 0.847. The molecule has 25 heavy (non-hydrogen) atoms. The van der Waals surface area contributed by atoms with Crippen LogP contribution in [-0.2, 0) is 4.79 Å². The zero-order chi connectivity index (χ0) is 17.8. The van der Waals surface area contributed by atoms with Gasteiger partial charge in [-0.2, -0.15) is 0 Å². The number of nitrogens with one attached hydrogen (secondary N) is 1. The molecule has 1 amide bonds. The van der Waals surface area contributed by atoms with Crippen LogP contribution in [0.15, 0.2) is 54.6 Å². The maximum Gasteiger partial charge on any atom is 0.241 e. The van der Waals surface area contributed by atoms with Crippen LogP contribution in [0.3, 0.4) is 0 Å². The van der Waals surface area contributed by atoms with E-state index < -0.39 is 0 Å². The van der Waals surface area contributed by atoms with Gasteiger partial charge < -0.3 is 5.32 Å². The predicted octanol–water partition coefficient (Wildman–Crippen LogP) is 3.71. The molecule has 1 aliphatic heterocycles. The fourth-order valence-electron chi connectivity index (χ4n) is 3.34. The van der Waals surface area contributed by atoms with Gasteiger partial charge in [-0.1, -0.05) is 30.3 Å². The first kappa shape index (κ1) is 17.4. The molecule has 1 saturated heterocycles. The summed E-state index contributed by atoms with van der Waals surface area (Å²) in [6.07, 6.45) is 1.08. The van der Waals surface area contributed by atoms with Gasteiger partial charge in [0.05, 0.1) is 6.04 Å². The highest BCUT2D eigenvalue weighted by Crippen LogP contribution is 2.28. The average molecular weight is 336 g/mol. The van der Waals surface area contributed by atoms with Crippen molar-refractivity contribution in [2.75, 3.05) is 18.4 Å². The third-order valence-electron chi connectivity index (χ3n) is 4.98. The van der Waals surface area contributed by atoms with Gasteiger partial charge in [-0.15, -0.1) is 0 Å². The zero-order valence-electron chi connectivity index (χ0n) is 14.7. The Balaban J connectivity index is 1.58. The molecule has 1 heterocycles. The molecule has 1 fully saturated rings. The number of amides is 1. The van der Waals surface area contributed by atoms with Gasteiger partial charge in [0.25, 0.3) is 0 Å². The summed E-state index contributed by atoms with van der Waals surface area (Å²) >= 11 is 0. The van der Waals surface area contributed by atoms with Crippen LogP contribution >= 0.6 is 0 Å². The van der Waals surface area contributed by atoms with Gasteiger partial charge in [-0.05, 0) is 62.6 Å².